The lowest BCUT2D eigenvalue weighted by atomic mass is 10.2. The molecule has 1 unspecified atom stereocenters. The number of halogens is 1. The highest BCUT2D eigenvalue weighted by molar-refractivity contribution is 6.65. The van der Waals surface area contributed by atoms with E-state index >= 15 is 0 Å². The smallest absolute Gasteiger partial charge is 0.232 e. The molecule has 0 amide bonds. The Morgan fingerprint density at radius 3 is 2.29 bits per heavy atom. The van der Waals surface area contributed by atoms with Gasteiger partial charge in [0.25, 0.3) is 0 Å². The van der Waals surface area contributed by atoms with Crippen molar-refractivity contribution in [3.63, 3.8) is 0 Å². The summed E-state index contributed by atoms with van der Waals surface area (Å²) in [6, 6.07) is 0. The van der Waals surface area contributed by atoms with E-state index in [1.807, 2.05) is 0 Å². The number of hydrogen-bond acceptors (Lipinski definition) is 2. The fourth-order valence-electron chi connectivity index (χ4n) is 0.0463. The van der Waals surface area contributed by atoms with Crippen molar-refractivity contribution >= 4 is 23.1 Å². The average Bonchev–Trinajstić information content (AvgIpc) is 1.65. The van der Waals surface area contributed by atoms with Crippen molar-refractivity contribution in [1.29, 1.82) is 0 Å². The lowest BCUT2D eigenvalue weighted by Crippen LogP contribution is -2.03. The first-order valence-corrected chi connectivity index (χ1v) is 2.13. The fourth-order valence-corrected chi connectivity index (χ4v) is 0.0909. The van der Waals surface area contributed by atoms with E-state index < -0.39 is 11.2 Å². The van der Waals surface area contributed by atoms with E-state index in [9.17, 15) is 9.59 Å². The molecule has 0 aliphatic carbocycles. The van der Waals surface area contributed by atoms with Gasteiger partial charge in [-0.15, -0.1) is 0 Å². The summed E-state index contributed by atoms with van der Waals surface area (Å²) in [4.78, 5) is 19.4. The van der Waals surface area contributed by atoms with Crippen molar-refractivity contribution in [2.24, 2.45) is 5.92 Å². The van der Waals surface area contributed by atoms with E-state index in [-0.39, 0.29) is 0 Å². The van der Waals surface area contributed by atoms with Crippen molar-refractivity contribution in [2.45, 2.75) is 6.92 Å². The number of rotatable bonds is 2. The third-order valence-electron chi connectivity index (χ3n) is 0.517. The van der Waals surface area contributed by atoms with Gasteiger partial charge >= 0.3 is 0 Å². The van der Waals surface area contributed by atoms with E-state index in [0.717, 1.165) is 0 Å². The Morgan fingerprint density at radius 2 is 2.29 bits per heavy atom. The lowest BCUT2D eigenvalue weighted by Gasteiger charge is -1.85. The summed E-state index contributed by atoms with van der Waals surface area (Å²) in [5.41, 5.74) is 0. The van der Waals surface area contributed by atoms with Crippen LogP contribution in [0.4, 0.5) is 0 Å². The lowest BCUT2D eigenvalue weighted by molar-refractivity contribution is -0.113. The van der Waals surface area contributed by atoms with Gasteiger partial charge in [0.2, 0.25) is 11.5 Å². The first-order chi connectivity index (χ1) is 3.18. The van der Waals surface area contributed by atoms with E-state index in [1.54, 1.807) is 0 Å². The van der Waals surface area contributed by atoms with Crippen molar-refractivity contribution < 1.29 is 9.59 Å². The Hall–Kier alpha value is -0.370. The molecule has 0 spiro atoms. The molecule has 2 nitrogen and oxygen atoms in total. The minimum atomic E-state index is -0.776. The SMILES string of the molecule is CC([C]=O)C(=O)Cl. The van der Waals surface area contributed by atoms with Crippen molar-refractivity contribution in [3.8, 4) is 0 Å². The van der Waals surface area contributed by atoms with E-state index in [1.165, 1.54) is 13.2 Å². The van der Waals surface area contributed by atoms with Crippen LogP contribution in [0, 0.1) is 5.92 Å². The maximum absolute atomic E-state index is 9.88. The number of hydrogen-bond donors (Lipinski definition) is 0. The van der Waals surface area contributed by atoms with E-state index in [2.05, 4.69) is 0 Å². The van der Waals surface area contributed by atoms with Gasteiger partial charge < -0.3 is 0 Å². The predicted molar refractivity (Wildman–Crippen MR) is 25.7 cm³/mol. The molecule has 0 fully saturated rings. The molecule has 0 aromatic heterocycles. The first kappa shape index (κ1) is 6.63. The molecule has 1 radical (unpaired) electrons. The Balaban J connectivity index is 3.55. The molecule has 0 bridgehead atoms. The van der Waals surface area contributed by atoms with Crippen LogP contribution in [0.15, 0.2) is 0 Å². The highest BCUT2D eigenvalue weighted by atomic mass is 35.5. The number of carbonyl (C=O) groups is 1. The van der Waals surface area contributed by atoms with Crippen LogP contribution in [0.1, 0.15) is 6.92 Å². The molecule has 0 heterocycles. The van der Waals surface area contributed by atoms with Gasteiger partial charge in [0, 0.05) is 0 Å². The third kappa shape index (κ3) is 2.34. The second-order valence-electron chi connectivity index (χ2n) is 1.14. The average molecular weight is 120 g/mol. The quantitative estimate of drug-likeness (QED) is 0.392. The standard InChI is InChI=1S/C4H4ClO2/c1-3(2-6)4(5)7/h3H,1H3. The predicted octanol–water partition coefficient (Wildman–Crippen LogP) is 0.498. The molecular weight excluding hydrogens is 115 g/mol. The zero-order chi connectivity index (χ0) is 5.86. The molecule has 7 heavy (non-hydrogen) atoms. The molecule has 0 aliphatic rings. The van der Waals surface area contributed by atoms with Gasteiger partial charge in [-0.3, -0.25) is 9.59 Å². The van der Waals surface area contributed by atoms with Crippen LogP contribution in [-0.4, -0.2) is 11.5 Å². The molecular formula is C4H4ClO2. The summed E-state index contributed by atoms with van der Waals surface area (Å²) in [7, 11) is 0. The minimum absolute atomic E-state index is 0.657. The summed E-state index contributed by atoms with van der Waals surface area (Å²) < 4.78 is 0. The molecule has 0 aromatic carbocycles. The maximum Gasteiger partial charge on any atom is 0.232 e. The molecule has 0 N–H and O–H groups in total. The highest BCUT2D eigenvalue weighted by Crippen LogP contribution is 1.93. The van der Waals surface area contributed by atoms with Crippen molar-refractivity contribution in [3.05, 3.63) is 0 Å². The molecule has 0 saturated heterocycles. The van der Waals surface area contributed by atoms with Gasteiger partial charge in [0.05, 0.1) is 5.92 Å². The van der Waals surface area contributed by atoms with Gasteiger partial charge in [-0.25, -0.2) is 0 Å². The van der Waals surface area contributed by atoms with Crippen LogP contribution < -0.4 is 0 Å². The second kappa shape index (κ2) is 2.75. The maximum atomic E-state index is 9.88. The Morgan fingerprint density at radius 1 is 1.86 bits per heavy atom. The monoisotopic (exact) mass is 119 g/mol. The van der Waals surface area contributed by atoms with Crippen LogP contribution in [0.5, 0.6) is 0 Å². The summed E-state index contributed by atoms with van der Waals surface area (Å²) >= 11 is 4.83. The summed E-state index contributed by atoms with van der Waals surface area (Å²) in [6.07, 6.45) is 1.43. The largest absolute Gasteiger partial charge is 0.290 e. The summed E-state index contributed by atoms with van der Waals surface area (Å²) in [5, 5.41) is -0.657. The third-order valence-corrected chi connectivity index (χ3v) is 0.845. The molecule has 0 saturated carbocycles. The zero-order valence-electron chi connectivity index (χ0n) is 3.77. The molecule has 0 rings (SSSR count). The van der Waals surface area contributed by atoms with Gasteiger partial charge in [0.15, 0.2) is 0 Å². The van der Waals surface area contributed by atoms with Crippen LogP contribution in [0.2, 0.25) is 0 Å². The molecule has 3 heteroatoms. The van der Waals surface area contributed by atoms with Crippen LogP contribution in [0.3, 0.4) is 0 Å². The first-order valence-electron chi connectivity index (χ1n) is 1.75. The molecule has 0 aliphatic heterocycles. The van der Waals surface area contributed by atoms with Crippen LogP contribution in [-0.2, 0) is 9.59 Å². The van der Waals surface area contributed by atoms with Gasteiger partial charge in [0.1, 0.15) is 0 Å². The van der Waals surface area contributed by atoms with E-state index in [4.69, 9.17) is 11.6 Å². The van der Waals surface area contributed by atoms with Gasteiger partial charge in [-0.1, -0.05) is 0 Å². The second-order valence-corrected chi connectivity index (χ2v) is 1.52. The topological polar surface area (TPSA) is 34.1 Å². The minimum Gasteiger partial charge on any atom is -0.290 e. The highest BCUT2D eigenvalue weighted by Gasteiger charge is 2.06. The molecule has 1 atom stereocenters. The number of carbonyl (C=O) groups excluding carboxylic acids is 2. The van der Waals surface area contributed by atoms with E-state index in [0.29, 0.717) is 0 Å². The normalized spacial score (nSPS) is 12.9. The van der Waals surface area contributed by atoms with Crippen molar-refractivity contribution in [2.75, 3.05) is 0 Å². The Kier molecular flexibility index (Phi) is 2.60. The molecule has 39 valence electrons. The van der Waals surface area contributed by atoms with Gasteiger partial charge in [-0.05, 0) is 18.5 Å². The fraction of sp³-hybridized carbons (Fsp3) is 0.500. The Bertz CT molecular complexity index is 89.7. The van der Waals surface area contributed by atoms with Crippen LogP contribution in [0.25, 0.3) is 0 Å². The van der Waals surface area contributed by atoms with Crippen molar-refractivity contribution in [1.82, 2.24) is 0 Å². The zero-order valence-corrected chi connectivity index (χ0v) is 4.53. The molecule has 0 aromatic rings. The summed E-state index contributed by atoms with van der Waals surface area (Å²) in [5.74, 6) is -0.776. The van der Waals surface area contributed by atoms with Crippen LogP contribution >= 0.6 is 11.6 Å². The Labute approximate surface area is 46.5 Å². The summed E-state index contributed by atoms with van der Waals surface area (Å²) in [6.45, 7) is 1.39. The van der Waals surface area contributed by atoms with Gasteiger partial charge in [-0.2, -0.15) is 0 Å².